The molecule has 0 unspecified atom stereocenters. The zero-order valence-corrected chi connectivity index (χ0v) is 12.1. The Bertz CT molecular complexity index is 611. The summed E-state index contributed by atoms with van der Waals surface area (Å²) in [5.74, 6) is 0.375. The first-order valence-corrected chi connectivity index (χ1v) is 6.58. The Morgan fingerprint density at radius 2 is 2.25 bits per heavy atom. The smallest absolute Gasteiger partial charge is 0.253 e. The summed E-state index contributed by atoms with van der Waals surface area (Å²) in [5.41, 5.74) is 1.50. The number of amides is 1. The summed E-state index contributed by atoms with van der Waals surface area (Å²) in [5, 5.41) is 10.2. The number of rotatable bonds is 5. The average Bonchev–Trinajstić information content (AvgIpc) is 2.85. The Labute approximate surface area is 122 Å². The molecule has 0 aliphatic carbocycles. The zero-order valence-electron chi connectivity index (χ0n) is 11.4. The van der Waals surface area contributed by atoms with Crippen LogP contribution in [0.2, 0.25) is 5.02 Å². The molecule has 2 N–H and O–H groups in total. The van der Waals surface area contributed by atoms with E-state index in [1.54, 1.807) is 24.0 Å². The van der Waals surface area contributed by atoms with E-state index in [4.69, 9.17) is 11.6 Å². The Kier molecular flexibility index (Phi) is 4.57. The van der Waals surface area contributed by atoms with Gasteiger partial charge in [0.1, 0.15) is 5.82 Å². The molecule has 0 bridgehead atoms. The lowest BCUT2D eigenvalue weighted by Crippen LogP contribution is -2.27. The second-order valence-electron chi connectivity index (χ2n) is 4.34. The molecule has 6 nitrogen and oxygen atoms in total. The molecular formula is C13H16ClN5O. The van der Waals surface area contributed by atoms with Crippen molar-refractivity contribution in [2.75, 3.05) is 18.9 Å². The van der Waals surface area contributed by atoms with E-state index in [1.165, 1.54) is 6.20 Å². The predicted molar refractivity (Wildman–Crippen MR) is 78.1 cm³/mol. The fraction of sp³-hybridized carbons (Fsp3) is 0.308. The van der Waals surface area contributed by atoms with E-state index in [1.807, 2.05) is 13.1 Å². The third kappa shape index (κ3) is 3.48. The number of aromatic nitrogens is 3. The first kappa shape index (κ1) is 14.3. The molecule has 2 heterocycles. The first-order chi connectivity index (χ1) is 9.60. The quantitative estimate of drug-likeness (QED) is 0.880. The highest BCUT2D eigenvalue weighted by Crippen LogP contribution is 2.17. The van der Waals surface area contributed by atoms with Gasteiger partial charge in [-0.3, -0.25) is 9.48 Å². The second kappa shape index (κ2) is 6.38. The fourth-order valence-corrected chi connectivity index (χ4v) is 1.91. The number of anilines is 1. The van der Waals surface area contributed by atoms with Gasteiger partial charge >= 0.3 is 0 Å². The van der Waals surface area contributed by atoms with Gasteiger partial charge in [0.2, 0.25) is 0 Å². The number of carbonyl (C=O) groups is 1. The molecule has 106 valence electrons. The largest absolute Gasteiger partial charge is 0.373 e. The molecule has 2 rings (SSSR count). The number of aryl methyl sites for hydroxylation is 1. The summed E-state index contributed by atoms with van der Waals surface area (Å²) in [6, 6.07) is 1.62. The maximum Gasteiger partial charge on any atom is 0.253 e. The summed E-state index contributed by atoms with van der Waals surface area (Å²) < 4.78 is 1.78. The maximum absolute atomic E-state index is 12.0. The lowest BCUT2D eigenvalue weighted by Gasteiger charge is -2.08. The Hall–Kier alpha value is -2.08. The summed E-state index contributed by atoms with van der Waals surface area (Å²) in [6.45, 7) is 3.06. The molecule has 0 fully saturated rings. The van der Waals surface area contributed by atoms with E-state index in [2.05, 4.69) is 20.7 Å². The van der Waals surface area contributed by atoms with Gasteiger partial charge < -0.3 is 10.6 Å². The van der Waals surface area contributed by atoms with Crippen LogP contribution in [0.4, 0.5) is 5.82 Å². The SMILES string of the molecule is CNc1cc(C(=O)NCCn2cc(C)cn2)c(Cl)cn1. The van der Waals surface area contributed by atoms with Crippen LogP contribution in [0, 0.1) is 6.92 Å². The third-order valence-corrected chi connectivity index (χ3v) is 3.05. The molecule has 7 heteroatoms. The van der Waals surface area contributed by atoms with Gasteiger partial charge in [-0.2, -0.15) is 5.10 Å². The molecular weight excluding hydrogens is 278 g/mol. The fourth-order valence-electron chi connectivity index (χ4n) is 1.72. The predicted octanol–water partition coefficient (Wildman–Crippen LogP) is 1.71. The minimum absolute atomic E-state index is 0.224. The summed E-state index contributed by atoms with van der Waals surface area (Å²) in [7, 11) is 1.73. The number of nitrogens with one attached hydrogen (secondary N) is 2. The number of hydrogen-bond donors (Lipinski definition) is 2. The van der Waals surface area contributed by atoms with Gasteiger partial charge in [-0.05, 0) is 18.6 Å². The first-order valence-electron chi connectivity index (χ1n) is 6.20. The molecule has 0 spiro atoms. The molecule has 2 aromatic rings. The number of pyridine rings is 1. The average molecular weight is 294 g/mol. The van der Waals surface area contributed by atoms with Crippen molar-refractivity contribution in [1.29, 1.82) is 0 Å². The van der Waals surface area contributed by atoms with Crippen LogP contribution in [0.25, 0.3) is 0 Å². The van der Waals surface area contributed by atoms with E-state index in [0.29, 0.717) is 29.5 Å². The van der Waals surface area contributed by atoms with Crippen molar-refractivity contribution in [2.45, 2.75) is 13.5 Å². The van der Waals surface area contributed by atoms with E-state index >= 15 is 0 Å². The zero-order chi connectivity index (χ0) is 14.5. The van der Waals surface area contributed by atoms with Gasteiger partial charge in [0.05, 0.1) is 23.3 Å². The van der Waals surface area contributed by atoms with Gasteiger partial charge in [-0.15, -0.1) is 0 Å². The normalized spacial score (nSPS) is 10.3. The lowest BCUT2D eigenvalue weighted by atomic mass is 10.2. The van der Waals surface area contributed by atoms with Crippen molar-refractivity contribution in [2.24, 2.45) is 0 Å². The minimum Gasteiger partial charge on any atom is -0.373 e. The molecule has 0 aliphatic heterocycles. The van der Waals surface area contributed by atoms with Crippen LogP contribution in [-0.2, 0) is 6.54 Å². The summed E-state index contributed by atoms with van der Waals surface area (Å²) in [4.78, 5) is 16.1. The molecule has 1 amide bonds. The third-order valence-electron chi connectivity index (χ3n) is 2.74. The van der Waals surface area contributed by atoms with Crippen molar-refractivity contribution in [1.82, 2.24) is 20.1 Å². The number of hydrogen-bond acceptors (Lipinski definition) is 4. The minimum atomic E-state index is -0.224. The number of carbonyl (C=O) groups excluding carboxylic acids is 1. The van der Waals surface area contributed by atoms with Gasteiger partial charge in [-0.1, -0.05) is 11.6 Å². The Balaban J connectivity index is 1.94. The molecule has 0 aliphatic rings. The second-order valence-corrected chi connectivity index (χ2v) is 4.74. The Morgan fingerprint density at radius 1 is 1.45 bits per heavy atom. The van der Waals surface area contributed by atoms with E-state index in [-0.39, 0.29) is 5.91 Å². The monoisotopic (exact) mass is 293 g/mol. The summed E-state index contributed by atoms with van der Waals surface area (Å²) >= 11 is 5.98. The molecule has 0 radical (unpaired) electrons. The van der Waals surface area contributed by atoms with Crippen molar-refractivity contribution in [3.63, 3.8) is 0 Å². The molecule has 0 saturated heterocycles. The topological polar surface area (TPSA) is 71.8 Å². The highest BCUT2D eigenvalue weighted by Gasteiger charge is 2.11. The van der Waals surface area contributed by atoms with Gasteiger partial charge in [-0.25, -0.2) is 4.98 Å². The van der Waals surface area contributed by atoms with Crippen molar-refractivity contribution in [3.8, 4) is 0 Å². The summed E-state index contributed by atoms with van der Waals surface area (Å²) in [6.07, 6.45) is 5.16. The molecule has 20 heavy (non-hydrogen) atoms. The maximum atomic E-state index is 12.0. The van der Waals surface area contributed by atoms with Crippen LogP contribution in [0.1, 0.15) is 15.9 Å². The van der Waals surface area contributed by atoms with Gasteiger partial charge in [0.15, 0.2) is 0 Å². The van der Waals surface area contributed by atoms with Gasteiger partial charge in [0, 0.05) is 26.0 Å². The number of halogens is 1. The highest BCUT2D eigenvalue weighted by atomic mass is 35.5. The van der Waals surface area contributed by atoms with Crippen LogP contribution in [0.5, 0.6) is 0 Å². The molecule has 0 atom stereocenters. The van der Waals surface area contributed by atoms with Crippen LogP contribution in [0.15, 0.2) is 24.7 Å². The van der Waals surface area contributed by atoms with Crippen LogP contribution >= 0.6 is 11.6 Å². The van der Waals surface area contributed by atoms with Crippen LogP contribution in [0.3, 0.4) is 0 Å². The van der Waals surface area contributed by atoms with E-state index in [0.717, 1.165) is 5.56 Å². The lowest BCUT2D eigenvalue weighted by molar-refractivity contribution is 0.0952. The van der Waals surface area contributed by atoms with Crippen LogP contribution < -0.4 is 10.6 Å². The number of nitrogens with zero attached hydrogens (tertiary/aromatic N) is 3. The highest BCUT2D eigenvalue weighted by molar-refractivity contribution is 6.33. The standard InChI is InChI=1S/C13H16ClN5O/c1-9-6-18-19(8-9)4-3-16-13(20)10-5-12(15-2)17-7-11(10)14/h5-8H,3-4H2,1-2H3,(H,15,17)(H,16,20). The Morgan fingerprint density at radius 3 is 2.90 bits per heavy atom. The van der Waals surface area contributed by atoms with Crippen molar-refractivity contribution >= 4 is 23.3 Å². The van der Waals surface area contributed by atoms with E-state index in [9.17, 15) is 4.79 Å². The van der Waals surface area contributed by atoms with E-state index < -0.39 is 0 Å². The van der Waals surface area contributed by atoms with Crippen molar-refractivity contribution < 1.29 is 4.79 Å². The van der Waals surface area contributed by atoms with Gasteiger partial charge in [0.25, 0.3) is 5.91 Å². The molecule has 0 aromatic carbocycles. The van der Waals surface area contributed by atoms with Crippen LogP contribution in [-0.4, -0.2) is 34.3 Å². The molecule has 2 aromatic heterocycles. The van der Waals surface area contributed by atoms with Crippen molar-refractivity contribution in [3.05, 3.63) is 40.8 Å². The molecule has 0 saturated carbocycles.